The number of amides is 1. The predicted octanol–water partition coefficient (Wildman–Crippen LogP) is 4.40. The first kappa shape index (κ1) is 20.4. The minimum Gasteiger partial charge on any atom is -0.349 e. The minimum absolute atomic E-state index is 0.141. The number of aromatic nitrogens is 3. The molecule has 2 aromatic heterocycles. The molecule has 5 rings (SSSR count). The maximum atomic E-state index is 13.2. The van der Waals surface area contributed by atoms with Crippen molar-refractivity contribution in [3.05, 3.63) is 94.2 Å². The van der Waals surface area contributed by atoms with Gasteiger partial charge in [0.25, 0.3) is 5.56 Å². The monoisotopic (exact) mass is 458 g/mol. The lowest BCUT2D eigenvalue weighted by Crippen LogP contribution is -2.26. The zero-order valence-corrected chi connectivity index (χ0v) is 18.5. The number of fused-ring (bicyclic) bond motifs is 2. The molecule has 1 N–H and O–H groups in total. The van der Waals surface area contributed by atoms with Crippen LogP contribution in [0.3, 0.4) is 0 Å². The lowest BCUT2D eigenvalue weighted by atomic mass is 10.2. The fraction of sp³-hybridized carbons (Fsp3) is 0.0833. The van der Waals surface area contributed by atoms with Gasteiger partial charge in [0.2, 0.25) is 5.91 Å². The van der Waals surface area contributed by atoms with Crippen molar-refractivity contribution in [3.63, 3.8) is 0 Å². The number of thiazole rings is 1. The van der Waals surface area contributed by atoms with E-state index < -0.39 is 0 Å². The molecule has 2 heterocycles. The van der Waals surface area contributed by atoms with Crippen LogP contribution in [-0.4, -0.2) is 26.2 Å². The van der Waals surface area contributed by atoms with Gasteiger partial charge in [0, 0.05) is 0 Å². The normalized spacial score (nSPS) is 11.1. The summed E-state index contributed by atoms with van der Waals surface area (Å²) in [6, 6.07) is 24.5. The highest BCUT2D eigenvalue weighted by Crippen LogP contribution is 2.23. The second-order valence-electron chi connectivity index (χ2n) is 7.03. The summed E-state index contributed by atoms with van der Waals surface area (Å²) >= 11 is 2.81. The van der Waals surface area contributed by atoms with E-state index in [1.165, 1.54) is 11.8 Å². The second-order valence-corrected chi connectivity index (χ2v) is 9.09. The Morgan fingerprint density at radius 1 is 0.906 bits per heavy atom. The van der Waals surface area contributed by atoms with E-state index in [2.05, 4.69) is 15.3 Å². The van der Waals surface area contributed by atoms with Crippen LogP contribution in [0.4, 0.5) is 0 Å². The largest absolute Gasteiger partial charge is 0.349 e. The molecule has 8 heteroatoms. The molecule has 6 nitrogen and oxygen atoms in total. The number of carbonyl (C=O) groups is 1. The van der Waals surface area contributed by atoms with Crippen LogP contribution < -0.4 is 10.9 Å². The number of hydrogen-bond acceptors (Lipinski definition) is 6. The van der Waals surface area contributed by atoms with Gasteiger partial charge in [0.05, 0.1) is 39.1 Å². The van der Waals surface area contributed by atoms with Crippen LogP contribution in [0, 0.1) is 0 Å². The predicted molar refractivity (Wildman–Crippen MR) is 130 cm³/mol. The van der Waals surface area contributed by atoms with E-state index >= 15 is 0 Å². The third-order valence-electron chi connectivity index (χ3n) is 4.87. The highest BCUT2D eigenvalue weighted by atomic mass is 32.2. The summed E-state index contributed by atoms with van der Waals surface area (Å²) in [6.45, 7) is 0.370. The van der Waals surface area contributed by atoms with E-state index in [1.807, 2.05) is 72.8 Å². The van der Waals surface area contributed by atoms with Gasteiger partial charge < -0.3 is 5.32 Å². The van der Waals surface area contributed by atoms with Gasteiger partial charge in [0.1, 0.15) is 5.01 Å². The summed E-state index contributed by atoms with van der Waals surface area (Å²) in [7, 11) is 0. The Hall–Kier alpha value is -3.49. The molecule has 5 aromatic rings. The number of nitrogens with one attached hydrogen (secondary N) is 1. The number of hydrogen-bond donors (Lipinski definition) is 1. The molecular weight excluding hydrogens is 440 g/mol. The smallest absolute Gasteiger partial charge is 0.266 e. The van der Waals surface area contributed by atoms with Gasteiger partial charge in [-0.15, -0.1) is 11.3 Å². The van der Waals surface area contributed by atoms with Crippen LogP contribution in [0.1, 0.15) is 5.01 Å². The molecule has 0 spiro atoms. The first-order valence-electron chi connectivity index (χ1n) is 10.0. The molecule has 0 bridgehead atoms. The SMILES string of the molecule is O=C(CSc1nc2ccccc2c(=O)n1-c1ccccc1)NCc1nc2ccccc2s1. The molecule has 0 aliphatic rings. The van der Waals surface area contributed by atoms with Crippen LogP contribution >= 0.6 is 23.1 Å². The van der Waals surface area contributed by atoms with Gasteiger partial charge in [-0.2, -0.15) is 0 Å². The Kier molecular flexibility index (Phi) is 5.70. The van der Waals surface area contributed by atoms with Crippen molar-refractivity contribution in [3.8, 4) is 5.69 Å². The zero-order chi connectivity index (χ0) is 21.9. The Morgan fingerprint density at radius 2 is 1.62 bits per heavy atom. The number of rotatable bonds is 6. The topological polar surface area (TPSA) is 76.9 Å². The zero-order valence-electron chi connectivity index (χ0n) is 16.9. The van der Waals surface area contributed by atoms with E-state index in [1.54, 1.807) is 22.0 Å². The average molecular weight is 459 g/mol. The molecule has 0 aliphatic heterocycles. The molecule has 0 saturated heterocycles. The lowest BCUT2D eigenvalue weighted by molar-refractivity contribution is -0.118. The summed E-state index contributed by atoms with van der Waals surface area (Å²) in [5.74, 6) is -0.000960. The van der Waals surface area contributed by atoms with Crippen molar-refractivity contribution in [2.75, 3.05) is 5.75 Å². The van der Waals surface area contributed by atoms with Gasteiger partial charge >= 0.3 is 0 Å². The second kappa shape index (κ2) is 8.94. The third-order valence-corrected chi connectivity index (χ3v) is 6.84. The highest BCUT2D eigenvalue weighted by molar-refractivity contribution is 7.99. The van der Waals surface area contributed by atoms with Crippen molar-refractivity contribution in [1.29, 1.82) is 0 Å². The molecule has 1 amide bonds. The van der Waals surface area contributed by atoms with E-state index in [4.69, 9.17) is 0 Å². The van der Waals surface area contributed by atoms with Crippen molar-refractivity contribution >= 4 is 50.1 Å². The van der Waals surface area contributed by atoms with Crippen molar-refractivity contribution in [1.82, 2.24) is 19.9 Å². The molecule has 0 aliphatic carbocycles. The van der Waals surface area contributed by atoms with E-state index in [0.717, 1.165) is 15.2 Å². The Morgan fingerprint density at radius 3 is 2.44 bits per heavy atom. The lowest BCUT2D eigenvalue weighted by Gasteiger charge is -2.13. The summed E-state index contributed by atoms with van der Waals surface area (Å²) < 4.78 is 2.66. The standard InChI is InChI=1S/C24H18N4O2S2/c29-21(25-14-22-26-19-12-6-7-13-20(19)32-22)15-31-24-27-18-11-5-4-10-17(18)23(30)28(24)16-8-2-1-3-9-16/h1-13H,14-15H2,(H,25,29). The van der Waals surface area contributed by atoms with Gasteiger partial charge in [-0.05, 0) is 36.4 Å². The maximum Gasteiger partial charge on any atom is 0.266 e. The first-order valence-corrected chi connectivity index (χ1v) is 11.8. The summed E-state index contributed by atoms with van der Waals surface area (Å²) in [5, 5.41) is 4.79. The van der Waals surface area contributed by atoms with E-state index in [0.29, 0.717) is 28.3 Å². The molecule has 32 heavy (non-hydrogen) atoms. The minimum atomic E-state index is -0.154. The van der Waals surface area contributed by atoms with Gasteiger partial charge in [-0.3, -0.25) is 14.2 Å². The fourth-order valence-corrected chi connectivity index (χ4v) is 5.11. The van der Waals surface area contributed by atoms with Crippen molar-refractivity contribution in [2.45, 2.75) is 11.7 Å². The molecule has 0 saturated carbocycles. The van der Waals surface area contributed by atoms with Gasteiger partial charge in [0.15, 0.2) is 5.16 Å². The average Bonchev–Trinajstić information content (AvgIpc) is 3.25. The number of nitrogens with zero attached hydrogens (tertiary/aromatic N) is 3. The highest BCUT2D eigenvalue weighted by Gasteiger charge is 2.15. The van der Waals surface area contributed by atoms with Crippen LogP contribution in [0.25, 0.3) is 26.8 Å². The van der Waals surface area contributed by atoms with E-state index in [9.17, 15) is 9.59 Å². The third kappa shape index (κ3) is 4.15. The Bertz CT molecular complexity index is 1450. The van der Waals surface area contributed by atoms with Crippen LogP contribution in [-0.2, 0) is 11.3 Å². The number of carbonyl (C=O) groups excluding carboxylic acids is 1. The van der Waals surface area contributed by atoms with Crippen LogP contribution in [0.15, 0.2) is 88.8 Å². The molecule has 0 atom stereocenters. The van der Waals surface area contributed by atoms with E-state index in [-0.39, 0.29) is 17.2 Å². The van der Waals surface area contributed by atoms with Gasteiger partial charge in [-0.25, -0.2) is 9.97 Å². The fourth-order valence-electron chi connectivity index (χ4n) is 3.36. The van der Waals surface area contributed by atoms with Crippen molar-refractivity contribution < 1.29 is 4.79 Å². The molecular formula is C24H18N4O2S2. The first-order chi connectivity index (χ1) is 15.7. The Labute approximate surface area is 192 Å². The van der Waals surface area contributed by atoms with Gasteiger partial charge in [-0.1, -0.05) is 54.2 Å². The van der Waals surface area contributed by atoms with Crippen molar-refractivity contribution in [2.24, 2.45) is 0 Å². The molecule has 0 radical (unpaired) electrons. The number of benzene rings is 3. The molecule has 158 valence electrons. The van der Waals surface area contributed by atoms with Crippen LogP contribution in [0.2, 0.25) is 0 Å². The Balaban J connectivity index is 1.36. The number of para-hydroxylation sites is 3. The van der Waals surface area contributed by atoms with Crippen LogP contribution in [0.5, 0.6) is 0 Å². The summed E-state index contributed by atoms with van der Waals surface area (Å²) in [5.41, 5.74) is 2.11. The summed E-state index contributed by atoms with van der Waals surface area (Å²) in [6.07, 6.45) is 0. The maximum absolute atomic E-state index is 13.2. The molecule has 3 aromatic carbocycles. The summed E-state index contributed by atoms with van der Waals surface area (Å²) in [4.78, 5) is 34.9. The molecule has 0 fully saturated rings. The quantitative estimate of drug-likeness (QED) is 0.301. The number of thioether (sulfide) groups is 1. The molecule has 0 unspecified atom stereocenters.